The molecule has 1 aromatic heterocycles. The van der Waals surface area contributed by atoms with Gasteiger partial charge in [0.05, 0.1) is 19.8 Å². The predicted molar refractivity (Wildman–Crippen MR) is 67.9 cm³/mol. The second-order valence-corrected chi connectivity index (χ2v) is 3.76. The number of Topliss-reactive ketones (excluding diaryl/α,β-unsaturated/α-hetero) is 1. The maximum atomic E-state index is 11.3. The van der Waals surface area contributed by atoms with E-state index in [4.69, 9.17) is 4.74 Å². The second kappa shape index (κ2) is 11.2. The van der Waals surface area contributed by atoms with Crippen LogP contribution in [0.3, 0.4) is 0 Å². The number of esters is 1. The van der Waals surface area contributed by atoms with Crippen LogP contribution in [-0.4, -0.2) is 38.1 Å². The minimum absolute atomic E-state index is 0. The molecule has 20 heavy (non-hydrogen) atoms. The zero-order valence-corrected chi connectivity index (χ0v) is 12.1. The second-order valence-electron chi connectivity index (χ2n) is 3.76. The van der Waals surface area contributed by atoms with Gasteiger partial charge in [-0.25, -0.2) is 0 Å². The summed E-state index contributed by atoms with van der Waals surface area (Å²) in [6.07, 6.45) is 3.51. The first-order valence-corrected chi connectivity index (χ1v) is 6.17. The van der Waals surface area contributed by atoms with Crippen molar-refractivity contribution in [2.75, 3.05) is 31.8 Å². The molecule has 0 spiro atoms. The average Bonchev–Trinajstić information content (AvgIpc) is 2.39. The van der Waals surface area contributed by atoms with E-state index in [9.17, 15) is 9.59 Å². The van der Waals surface area contributed by atoms with Gasteiger partial charge >= 0.3 is 5.97 Å². The van der Waals surface area contributed by atoms with E-state index in [1.165, 1.54) is 0 Å². The molecule has 0 aliphatic heterocycles. The summed E-state index contributed by atoms with van der Waals surface area (Å²) >= 11 is 0. The van der Waals surface area contributed by atoms with Gasteiger partial charge in [-0.15, -0.1) is 0 Å². The van der Waals surface area contributed by atoms with E-state index >= 15 is 0 Å². The van der Waals surface area contributed by atoms with Gasteiger partial charge in [0.15, 0.2) is 18.2 Å². The third kappa shape index (κ3) is 8.44. The number of ether oxygens (including phenoxy) is 2. The van der Waals surface area contributed by atoms with Crippen LogP contribution in [0.4, 0.5) is 0 Å². The molecular weight excluding hydrogens is 284 g/mol. The normalized spacial score (nSPS) is 9.45. The third-order valence-electron chi connectivity index (χ3n) is 2.17. The molecule has 0 saturated heterocycles. The average molecular weight is 303 g/mol. The van der Waals surface area contributed by atoms with Crippen LogP contribution in [0, 0.1) is 0 Å². The lowest BCUT2D eigenvalue weighted by Crippen LogP contribution is -3.00. The summed E-state index contributed by atoms with van der Waals surface area (Å²) in [5.74, 6) is -0.778. The Kier molecular flexibility index (Phi) is 10.3. The minimum atomic E-state index is -0.505. The van der Waals surface area contributed by atoms with E-state index in [0.29, 0.717) is 13.2 Å². The summed E-state index contributed by atoms with van der Waals surface area (Å²) in [5, 5.41) is 0. The van der Waals surface area contributed by atoms with Gasteiger partial charge in [0.25, 0.3) is 0 Å². The Morgan fingerprint density at radius 3 is 2.55 bits per heavy atom. The van der Waals surface area contributed by atoms with Crippen molar-refractivity contribution in [3.63, 3.8) is 0 Å². The molecular formula is C13H19ClN2O4. The standard InChI is InChI=1S/C13H19N2O4.ClH/c1-2-19-13(17)10-12(16)11-18-9-6-14-15-7-4-3-5-8-15;/h3-5,7-8,14H,2,6,9-11H2,1H3;1H/q+1;/p-1. The number of nitrogens with zero attached hydrogens (tertiary/aromatic N) is 1. The Balaban J connectivity index is 0.00000361. The highest BCUT2D eigenvalue weighted by atomic mass is 35.5. The van der Waals surface area contributed by atoms with Crippen LogP contribution in [0.5, 0.6) is 0 Å². The zero-order valence-electron chi connectivity index (χ0n) is 11.4. The van der Waals surface area contributed by atoms with Crippen molar-refractivity contribution >= 4 is 11.8 Å². The summed E-state index contributed by atoms with van der Waals surface area (Å²) in [4.78, 5) is 22.3. The number of hydrogen-bond donors (Lipinski definition) is 1. The molecule has 0 unspecified atom stereocenters. The fraction of sp³-hybridized carbons (Fsp3) is 0.462. The number of ketones is 1. The molecule has 0 aromatic carbocycles. The van der Waals surface area contributed by atoms with Crippen molar-refractivity contribution < 1.29 is 36.1 Å². The first-order valence-electron chi connectivity index (χ1n) is 6.17. The molecule has 0 bridgehead atoms. The highest BCUT2D eigenvalue weighted by Gasteiger charge is 2.10. The SMILES string of the molecule is CCOC(=O)CC(=O)COCCN[n+]1ccccc1.[Cl-]. The highest BCUT2D eigenvalue weighted by molar-refractivity contribution is 5.96. The third-order valence-corrected chi connectivity index (χ3v) is 2.17. The van der Waals surface area contributed by atoms with E-state index in [1.807, 2.05) is 30.6 Å². The molecule has 1 N–H and O–H groups in total. The predicted octanol–water partition coefficient (Wildman–Crippen LogP) is -2.94. The van der Waals surface area contributed by atoms with Crippen molar-refractivity contribution in [2.45, 2.75) is 13.3 Å². The van der Waals surface area contributed by atoms with Crippen molar-refractivity contribution in [2.24, 2.45) is 0 Å². The number of halogens is 1. The largest absolute Gasteiger partial charge is 1.00 e. The van der Waals surface area contributed by atoms with Crippen molar-refractivity contribution in [3.05, 3.63) is 30.6 Å². The van der Waals surface area contributed by atoms with Gasteiger partial charge in [-0.3, -0.25) is 9.59 Å². The van der Waals surface area contributed by atoms with Gasteiger partial charge in [0, 0.05) is 12.1 Å². The summed E-state index contributed by atoms with van der Waals surface area (Å²) in [7, 11) is 0. The molecule has 112 valence electrons. The molecule has 1 aromatic rings. The van der Waals surface area contributed by atoms with Crippen LogP contribution in [0.1, 0.15) is 13.3 Å². The van der Waals surface area contributed by atoms with E-state index in [0.717, 1.165) is 0 Å². The van der Waals surface area contributed by atoms with Gasteiger partial charge in [-0.2, -0.15) is 5.43 Å². The molecule has 0 aliphatic rings. The van der Waals surface area contributed by atoms with Gasteiger partial charge < -0.3 is 21.9 Å². The Hall–Kier alpha value is -1.66. The van der Waals surface area contributed by atoms with E-state index in [-0.39, 0.29) is 37.8 Å². The Labute approximate surface area is 124 Å². The molecule has 0 saturated carbocycles. The van der Waals surface area contributed by atoms with Crippen molar-refractivity contribution in [3.8, 4) is 0 Å². The van der Waals surface area contributed by atoms with Crippen LogP contribution < -0.4 is 22.5 Å². The van der Waals surface area contributed by atoms with Crippen LogP contribution >= 0.6 is 0 Å². The molecule has 1 rings (SSSR count). The first-order chi connectivity index (χ1) is 9.22. The molecule has 6 nitrogen and oxygen atoms in total. The fourth-order valence-corrected chi connectivity index (χ4v) is 1.36. The summed E-state index contributed by atoms with van der Waals surface area (Å²) in [5.41, 5.74) is 3.07. The first kappa shape index (κ1) is 18.3. The van der Waals surface area contributed by atoms with Gasteiger partial charge in [0.2, 0.25) is 0 Å². The van der Waals surface area contributed by atoms with Gasteiger partial charge in [-0.1, -0.05) is 10.7 Å². The number of carbonyl (C=O) groups is 2. The monoisotopic (exact) mass is 302 g/mol. The molecule has 0 aliphatic carbocycles. The maximum Gasteiger partial charge on any atom is 0.313 e. The molecule has 0 amide bonds. The van der Waals surface area contributed by atoms with E-state index < -0.39 is 5.97 Å². The maximum absolute atomic E-state index is 11.3. The lowest BCUT2D eigenvalue weighted by Gasteiger charge is -2.03. The quantitative estimate of drug-likeness (QED) is 0.229. The van der Waals surface area contributed by atoms with Gasteiger partial charge in [-0.05, 0) is 6.92 Å². The lowest BCUT2D eigenvalue weighted by atomic mass is 10.3. The lowest BCUT2D eigenvalue weighted by molar-refractivity contribution is -0.650. The van der Waals surface area contributed by atoms with Gasteiger partial charge in [0.1, 0.15) is 13.0 Å². The molecule has 1 heterocycles. The summed E-state index contributed by atoms with van der Waals surface area (Å²) < 4.78 is 11.6. The smallest absolute Gasteiger partial charge is 0.313 e. The van der Waals surface area contributed by atoms with Crippen molar-refractivity contribution in [1.29, 1.82) is 0 Å². The number of carbonyl (C=O) groups excluding carboxylic acids is 2. The van der Waals surface area contributed by atoms with Crippen LogP contribution in [0.2, 0.25) is 0 Å². The van der Waals surface area contributed by atoms with E-state index in [1.54, 1.807) is 11.6 Å². The Morgan fingerprint density at radius 2 is 1.90 bits per heavy atom. The van der Waals surface area contributed by atoms with Crippen LogP contribution in [0.25, 0.3) is 0 Å². The zero-order chi connectivity index (χ0) is 13.9. The van der Waals surface area contributed by atoms with E-state index in [2.05, 4.69) is 10.2 Å². The number of nitrogens with one attached hydrogen (secondary N) is 1. The number of pyridine rings is 1. The highest BCUT2D eigenvalue weighted by Crippen LogP contribution is 1.89. The summed E-state index contributed by atoms with van der Waals surface area (Å²) in [6, 6.07) is 5.72. The molecule has 0 fully saturated rings. The molecule has 7 heteroatoms. The van der Waals surface area contributed by atoms with Crippen LogP contribution in [-0.2, 0) is 19.1 Å². The summed E-state index contributed by atoms with van der Waals surface area (Å²) in [6.45, 7) is 2.87. The Morgan fingerprint density at radius 1 is 1.20 bits per heavy atom. The van der Waals surface area contributed by atoms with Crippen LogP contribution in [0.15, 0.2) is 30.6 Å². The fourth-order valence-electron chi connectivity index (χ4n) is 1.36. The minimum Gasteiger partial charge on any atom is -1.00 e. The molecule has 0 radical (unpaired) electrons. The number of rotatable bonds is 9. The topological polar surface area (TPSA) is 68.5 Å². The molecule has 0 atom stereocenters. The Bertz CT molecular complexity index is 401. The number of aromatic nitrogens is 1. The number of hydrogen-bond acceptors (Lipinski definition) is 5. The van der Waals surface area contributed by atoms with Crippen molar-refractivity contribution in [1.82, 2.24) is 0 Å².